The average Bonchev–Trinajstić information content (AvgIpc) is 3.27. The third-order valence-electron chi connectivity index (χ3n) is 5.45. The topological polar surface area (TPSA) is 66.7 Å². The van der Waals surface area contributed by atoms with Gasteiger partial charge < -0.3 is 24.7 Å². The Morgan fingerprint density at radius 1 is 1.28 bits per heavy atom. The van der Waals surface area contributed by atoms with Gasteiger partial charge in [-0.25, -0.2) is 4.79 Å². The summed E-state index contributed by atoms with van der Waals surface area (Å²) in [6.45, 7) is 4.47. The van der Waals surface area contributed by atoms with Crippen molar-refractivity contribution in [3.63, 3.8) is 0 Å². The molecule has 2 aliphatic rings. The number of aryl methyl sites for hydroxylation is 1. The molecule has 2 N–H and O–H groups in total. The van der Waals surface area contributed by atoms with Crippen molar-refractivity contribution in [1.29, 1.82) is 0 Å². The highest BCUT2D eigenvalue weighted by molar-refractivity contribution is 5.74. The summed E-state index contributed by atoms with van der Waals surface area (Å²) in [5.74, 6) is 1.56. The zero-order chi connectivity index (χ0) is 17.6. The van der Waals surface area contributed by atoms with E-state index in [1.165, 1.54) is 25.7 Å². The molecule has 0 radical (unpaired) electrons. The normalized spacial score (nSPS) is 21.4. The lowest BCUT2D eigenvalue weighted by Gasteiger charge is -2.36. The van der Waals surface area contributed by atoms with Gasteiger partial charge >= 0.3 is 6.03 Å². The molecular weight excluding hydrogens is 318 g/mol. The Morgan fingerprint density at radius 3 is 2.60 bits per heavy atom. The molecule has 1 aromatic rings. The number of methoxy groups -OCH3 is 1. The van der Waals surface area contributed by atoms with Crippen LogP contribution < -0.4 is 10.6 Å². The zero-order valence-corrected chi connectivity index (χ0v) is 15.4. The summed E-state index contributed by atoms with van der Waals surface area (Å²) in [5, 5.41) is 6.10. The van der Waals surface area contributed by atoms with Gasteiger partial charge in [-0.3, -0.25) is 0 Å². The Morgan fingerprint density at radius 2 is 2.00 bits per heavy atom. The van der Waals surface area contributed by atoms with Gasteiger partial charge in [0.25, 0.3) is 0 Å². The number of carbonyl (C=O) groups is 1. The van der Waals surface area contributed by atoms with E-state index in [1.54, 1.807) is 7.11 Å². The predicted molar refractivity (Wildman–Crippen MR) is 96.6 cm³/mol. The molecule has 25 heavy (non-hydrogen) atoms. The smallest absolute Gasteiger partial charge is 0.315 e. The maximum absolute atomic E-state index is 12.4. The number of carbonyl (C=O) groups excluding carboxylic acids is 1. The first kappa shape index (κ1) is 18.3. The number of furan rings is 1. The van der Waals surface area contributed by atoms with Gasteiger partial charge in [-0.2, -0.15) is 0 Å². The van der Waals surface area contributed by atoms with Gasteiger partial charge in [0.1, 0.15) is 17.6 Å². The van der Waals surface area contributed by atoms with Gasteiger partial charge in [0.2, 0.25) is 0 Å². The minimum atomic E-state index is -0.266. The second-order valence-electron chi connectivity index (χ2n) is 7.32. The van der Waals surface area contributed by atoms with Crippen LogP contribution >= 0.6 is 0 Å². The molecule has 1 aliphatic heterocycles. The van der Waals surface area contributed by atoms with E-state index >= 15 is 0 Å². The number of nitrogens with zero attached hydrogens (tertiary/aromatic N) is 1. The van der Waals surface area contributed by atoms with E-state index in [4.69, 9.17) is 9.15 Å². The lowest BCUT2D eigenvalue weighted by Crippen LogP contribution is -2.50. The Hall–Kier alpha value is -1.53. The third-order valence-corrected chi connectivity index (χ3v) is 5.45. The molecule has 1 unspecified atom stereocenters. The number of piperidine rings is 1. The lowest BCUT2D eigenvalue weighted by molar-refractivity contribution is 0.140. The summed E-state index contributed by atoms with van der Waals surface area (Å²) in [4.78, 5) is 15.0. The van der Waals surface area contributed by atoms with E-state index in [0.29, 0.717) is 6.61 Å². The molecule has 1 atom stereocenters. The number of urea groups is 1. The van der Waals surface area contributed by atoms with Crippen LogP contribution in [-0.4, -0.2) is 49.8 Å². The molecular formula is C19H31N3O3. The lowest BCUT2D eigenvalue weighted by atomic mass is 10.0. The molecule has 1 aromatic heterocycles. The number of ether oxygens (including phenoxy) is 1. The number of hydrogen-bond donors (Lipinski definition) is 2. The Labute approximate surface area is 150 Å². The molecule has 2 amide bonds. The first-order valence-corrected chi connectivity index (χ1v) is 9.52. The fraction of sp³-hybridized carbons (Fsp3) is 0.737. The van der Waals surface area contributed by atoms with Crippen molar-refractivity contribution in [2.45, 2.75) is 63.6 Å². The fourth-order valence-electron chi connectivity index (χ4n) is 4.07. The van der Waals surface area contributed by atoms with E-state index in [2.05, 4.69) is 15.5 Å². The summed E-state index contributed by atoms with van der Waals surface area (Å²) >= 11 is 0. The largest absolute Gasteiger partial charge is 0.464 e. The SMILES string of the molecule is COCC(NC(=O)NC1CCN(C2CCCC2)CC1)c1ccc(C)o1. The molecule has 1 aliphatic carbocycles. The van der Waals surface area contributed by atoms with Gasteiger partial charge in [0.15, 0.2) is 0 Å². The van der Waals surface area contributed by atoms with Crippen molar-refractivity contribution in [1.82, 2.24) is 15.5 Å². The summed E-state index contributed by atoms with van der Waals surface area (Å²) in [5.41, 5.74) is 0. The molecule has 0 aromatic carbocycles. The Kier molecular flexibility index (Phi) is 6.37. The van der Waals surface area contributed by atoms with Crippen LogP contribution in [0.15, 0.2) is 16.5 Å². The quantitative estimate of drug-likeness (QED) is 0.828. The van der Waals surface area contributed by atoms with Crippen molar-refractivity contribution in [2.24, 2.45) is 0 Å². The summed E-state index contributed by atoms with van der Waals surface area (Å²) in [6, 6.07) is 4.41. The molecule has 1 saturated heterocycles. The van der Waals surface area contributed by atoms with E-state index in [1.807, 2.05) is 19.1 Å². The molecule has 1 saturated carbocycles. The summed E-state index contributed by atoms with van der Waals surface area (Å²) in [7, 11) is 1.63. The fourth-order valence-corrected chi connectivity index (χ4v) is 4.07. The monoisotopic (exact) mass is 349 g/mol. The highest BCUT2D eigenvalue weighted by atomic mass is 16.5. The van der Waals surface area contributed by atoms with Gasteiger partial charge in [0.05, 0.1) is 6.61 Å². The predicted octanol–water partition coefficient (Wildman–Crippen LogP) is 2.98. The Bertz CT molecular complexity index is 546. The van der Waals surface area contributed by atoms with Crippen molar-refractivity contribution >= 4 is 6.03 Å². The molecule has 6 heteroatoms. The zero-order valence-electron chi connectivity index (χ0n) is 15.4. The molecule has 6 nitrogen and oxygen atoms in total. The second-order valence-corrected chi connectivity index (χ2v) is 7.32. The van der Waals surface area contributed by atoms with Crippen LogP contribution in [0.2, 0.25) is 0 Å². The van der Waals surface area contributed by atoms with Crippen molar-refractivity contribution < 1.29 is 13.9 Å². The highest BCUT2D eigenvalue weighted by Gasteiger charge is 2.28. The minimum absolute atomic E-state index is 0.143. The van der Waals surface area contributed by atoms with Crippen molar-refractivity contribution in [3.05, 3.63) is 23.7 Å². The van der Waals surface area contributed by atoms with Crippen LogP contribution in [0.4, 0.5) is 4.79 Å². The van der Waals surface area contributed by atoms with Crippen LogP contribution in [0.5, 0.6) is 0 Å². The number of nitrogens with one attached hydrogen (secondary N) is 2. The van der Waals surface area contributed by atoms with E-state index in [-0.39, 0.29) is 18.1 Å². The molecule has 0 bridgehead atoms. The number of amides is 2. The summed E-state index contributed by atoms with van der Waals surface area (Å²) < 4.78 is 10.9. The highest BCUT2D eigenvalue weighted by Crippen LogP contribution is 2.26. The first-order valence-electron chi connectivity index (χ1n) is 9.52. The van der Waals surface area contributed by atoms with E-state index in [9.17, 15) is 4.79 Å². The first-order chi connectivity index (χ1) is 12.2. The third kappa shape index (κ3) is 4.98. The van der Waals surface area contributed by atoms with Crippen molar-refractivity contribution in [2.75, 3.05) is 26.8 Å². The molecule has 0 spiro atoms. The molecule has 3 rings (SSSR count). The van der Waals surface area contributed by atoms with Crippen molar-refractivity contribution in [3.8, 4) is 0 Å². The molecule has 2 heterocycles. The Balaban J connectivity index is 1.45. The maximum atomic E-state index is 12.4. The number of likely N-dealkylation sites (tertiary alicyclic amines) is 1. The van der Waals surface area contributed by atoms with E-state index in [0.717, 1.165) is 43.5 Å². The van der Waals surface area contributed by atoms with Crippen LogP contribution in [0, 0.1) is 6.92 Å². The van der Waals surface area contributed by atoms with Gasteiger partial charge in [-0.15, -0.1) is 0 Å². The number of rotatable bonds is 6. The second kappa shape index (κ2) is 8.72. The summed E-state index contributed by atoms with van der Waals surface area (Å²) in [6.07, 6.45) is 7.49. The van der Waals surface area contributed by atoms with Gasteiger partial charge in [-0.1, -0.05) is 12.8 Å². The number of hydrogen-bond acceptors (Lipinski definition) is 4. The standard InChI is InChI=1S/C19H31N3O3/c1-14-7-8-18(25-14)17(13-24-2)21-19(23)20-15-9-11-22(12-10-15)16-5-3-4-6-16/h7-8,15-17H,3-6,9-13H2,1-2H3,(H2,20,21,23). The van der Waals surface area contributed by atoms with Crippen LogP contribution in [-0.2, 0) is 4.74 Å². The van der Waals surface area contributed by atoms with Crippen LogP contribution in [0.25, 0.3) is 0 Å². The minimum Gasteiger partial charge on any atom is -0.464 e. The van der Waals surface area contributed by atoms with E-state index < -0.39 is 0 Å². The molecule has 140 valence electrons. The average molecular weight is 349 g/mol. The molecule has 2 fully saturated rings. The van der Waals surface area contributed by atoms with Crippen LogP contribution in [0.1, 0.15) is 56.1 Å². The van der Waals surface area contributed by atoms with Gasteiger partial charge in [0, 0.05) is 32.3 Å². The van der Waals surface area contributed by atoms with Crippen LogP contribution in [0.3, 0.4) is 0 Å². The van der Waals surface area contributed by atoms with Gasteiger partial charge in [-0.05, 0) is 44.7 Å². The maximum Gasteiger partial charge on any atom is 0.315 e.